The molecule has 1 aliphatic rings. The molecule has 24 heavy (non-hydrogen) atoms. The van der Waals surface area contributed by atoms with E-state index in [0.717, 1.165) is 11.3 Å². The summed E-state index contributed by atoms with van der Waals surface area (Å²) in [6.45, 7) is 6.06. The van der Waals surface area contributed by atoms with Crippen LogP contribution in [-0.4, -0.2) is 50.0 Å². The summed E-state index contributed by atoms with van der Waals surface area (Å²) in [5, 5.41) is 17.4. The Bertz CT molecular complexity index is 797. The molecule has 1 fully saturated rings. The fourth-order valence-electron chi connectivity index (χ4n) is 2.92. The van der Waals surface area contributed by atoms with Crippen LogP contribution in [0, 0.1) is 19.3 Å². The van der Waals surface area contributed by atoms with E-state index in [9.17, 15) is 14.7 Å². The molecular weight excluding hydrogens is 308 g/mol. The summed E-state index contributed by atoms with van der Waals surface area (Å²) in [5.41, 5.74) is 1.99. The monoisotopic (exact) mass is 328 g/mol. The van der Waals surface area contributed by atoms with Gasteiger partial charge in [-0.25, -0.2) is 4.68 Å². The summed E-state index contributed by atoms with van der Waals surface area (Å²) < 4.78 is 1.62. The Kier molecular flexibility index (Phi) is 3.87. The number of benzene rings is 1. The number of rotatable bonds is 3. The second kappa shape index (κ2) is 5.74. The number of aryl methyl sites for hydroxylation is 1. The number of carboxylic acids is 1. The molecule has 0 aliphatic carbocycles. The summed E-state index contributed by atoms with van der Waals surface area (Å²) in [7, 11) is 0. The lowest BCUT2D eigenvalue weighted by Gasteiger charge is -2.19. The van der Waals surface area contributed by atoms with Gasteiger partial charge in [0.1, 0.15) is 0 Å². The first-order chi connectivity index (χ1) is 11.3. The number of amides is 1. The van der Waals surface area contributed by atoms with Crippen LogP contribution in [0.3, 0.4) is 0 Å². The zero-order valence-corrected chi connectivity index (χ0v) is 14.0. The SMILES string of the molecule is Cc1ccc(-n2nnc(C(=O)N3CC[C@](C)(C(=O)O)C3)c2C)cc1. The maximum absolute atomic E-state index is 12.7. The smallest absolute Gasteiger partial charge is 0.311 e. The molecule has 1 aromatic heterocycles. The van der Waals surface area contributed by atoms with E-state index in [4.69, 9.17) is 0 Å². The summed E-state index contributed by atoms with van der Waals surface area (Å²) in [4.78, 5) is 25.6. The molecule has 7 nitrogen and oxygen atoms in total. The molecule has 126 valence electrons. The van der Waals surface area contributed by atoms with Gasteiger partial charge >= 0.3 is 5.97 Å². The van der Waals surface area contributed by atoms with Gasteiger partial charge in [-0.2, -0.15) is 0 Å². The van der Waals surface area contributed by atoms with Crippen molar-refractivity contribution in [2.75, 3.05) is 13.1 Å². The highest BCUT2D eigenvalue weighted by Gasteiger charge is 2.43. The van der Waals surface area contributed by atoms with E-state index in [1.165, 1.54) is 0 Å². The molecule has 1 aliphatic heterocycles. The zero-order valence-electron chi connectivity index (χ0n) is 14.0. The molecule has 0 saturated carbocycles. The predicted octanol–water partition coefficient (Wildman–Crippen LogP) is 1.82. The summed E-state index contributed by atoms with van der Waals surface area (Å²) >= 11 is 0. The van der Waals surface area contributed by atoms with Crippen molar-refractivity contribution in [1.82, 2.24) is 19.9 Å². The number of hydrogen-bond donors (Lipinski definition) is 1. The topological polar surface area (TPSA) is 88.3 Å². The Balaban J connectivity index is 1.85. The maximum atomic E-state index is 12.7. The standard InChI is InChI=1S/C17H20N4O3/c1-11-4-6-13(7-5-11)21-12(2)14(18-19-21)15(22)20-9-8-17(3,10-20)16(23)24/h4-7H,8-10H2,1-3H3,(H,23,24)/t17-/m0/s1. The third-order valence-electron chi connectivity index (χ3n) is 4.65. The van der Waals surface area contributed by atoms with Gasteiger partial charge in [0.2, 0.25) is 0 Å². The van der Waals surface area contributed by atoms with Crippen LogP contribution < -0.4 is 0 Å². The molecule has 1 aromatic carbocycles. The van der Waals surface area contributed by atoms with Crippen LogP contribution in [-0.2, 0) is 4.79 Å². The van der Waals surface area contributed by atoms with Crippen molar-refractivity contribution in [3.05, 3.63) is 41.2 Å². The molecule has 1 N–H and O–H groups in total. The quantitative estimate of drug-likeness (QED) is 0.928. The molecule has 2 aromatic rings. The lowest BCUT2D eigenvalue weighted by atomic mass is 9.90. The molecule has 1 saturated heterocycles. The summed E-state index contributed by atoms with van der Waals surface area (Å²) in [5.74, 6) is -1.14. The van der Waals surface area contributed by atoms with Crippen LogP contribution in [0.25, 0.3) is 5.69 Å². The Labute approximate surface area is 139 Å². The number of carbonyl (C=O) groups is 2. The number of carbonyl (C=O) groups excluding carboxylic acids is 1. The maximum Gasteiger partial charge on any atom is 0.311 e. The molecule has 0 bridgehead atoms. The number of carboxylic acid groups (broad SMARTS) is 1. The van der Waals surface area contributed by atoms with Gasteiger partial charge in [0.15, 0.2) is 5.69 Å². The van der Waals surface area contributed by atoms with Crippen LogP contribution in [0.5, 0.6) is 0 Å². The van der Waals surface area contributed by atoms with Gasteiger partial charge in [-0.1, -0.05) is 22.9 Å². The van der Waals surface area contributed by atoms with Crippen molar-refractivity contribution >= 4 is 11.9 Å². The molecule has 3 rings (SSSR count). The molecule has 0 radical (unpaired) electrons. The minimum absolute atomic E-state index is 0.192. The zero-order chi connectivity index (χ0) is 17.5. The number of aromatic nitrogens is 3. The number of nitrogens with zero attached hydrogens (tertiary/aromatic N) is 4. The van der Waals surface area contributed by atoms with E-state index >= 15 is 0 Å². The predicted molar refractivity (Wildman–Crippen MR) is 87.1 cm³/mol. The second-order valence-corrected chi connectivity index (χ2v) is 6.61. The number of aliphatic carboxylic acids is 1. The van der Waals surface area contributed by atoms with E-state index < -0.39 is 11.4 Å². The highest BCUT2D eigenvalue weighted by atomic mass is 16.4. The highest BCUT2D eigenvalue weighted by Crippen LogP contribution is 2.31. The Hall–Kier alpha value is -2.70. The van der Waals surface area contributed by atoms with Gasteiger partial charge in [-0.05, 0) is 39.3 Å². The number of likely N-dealkylation sites (tertiary alicyclic amines) is 1. The first-order valence-electron chi connectivity index (χ1n) is 7.84. The van der Waals surface area contributed by atoms with Gasteiger partial charge in [0.05, 0.1) is 16.8 Å². The van der Waals surface area contributed by atoms with Crippen molar-refractivity contribution in [3.8, 4) is 5.69 Å². The van der Waals surface area contributed by atoms with Crippen LogP contribution in [0.15, 0.2) is 24.3 Å². The van der Waals surface area contributed by atoms with Crippen molar-refractivity contribution in [2.24, 2.45) is 5.41 Å². The van der Waals surface area contributed by atoms with E-state index in [1.807, 2.05) is 31.2 Å². The molecule has 0 spiro atoms. The number of hydrogen-bond acceptors (Lipinski definition) is 4. The average molecular weight is 328 g/mol. The lowest BCUT2D eigenvalue weighted by molar-refractivity contribution is -0.147. The third-order valence-corrected chi connectivity index (χ3v) is 4.65. The molecule has 1 amide bonds. The highest BCUT2D eigenvalue weighted by molar-refractivity contribution is 5.94. The van der Waals surface area contributed by atoms with E-state index in [1.54, 1.807) is 23.4 Å². The van der Waals surface area contributed by atoms with Crippen LogP contribution >= 0.6 is 0 Å². The fraction of sp³-hybridized carbons (Fsp3) is 0.412. The summed E-state index contributed by atoms with van der Waals surface area (Å²) in [6.07, 6.45) is 0.444. The van der Waals surface area contributed by atoms with E-state index in [0.29, 0.717) is 18.7 Å². The Morgan fingerprint density at radius 1 is 1.21 bits per heavy atom. The normalized spacial score (nSPS) is 20.4. The van der Waals surface area contributed by atoms with Gasteiger partial charge < -0.3 is 10.0 Å². The Morgan fingerprint density at radius 2 is 1.88 bits per heavy atom. The first-order valence-corrected chi connectivity index (χ1v) is 7.84. The third kappa shape index (κ3) is 2.66. The van der Waals surface area contributed by atoms with Gasteiger partial charge in [-0.3, -0.25) is 9.59 Å². The molecule has 1 atom stereocenters. The second-order valence-electron chi connectivity index (χ2n) is 6.61. The van der Waals surface area contributed by atoms with Gasteiger partial charge in [-0.15, -0.1) is 5.10 Å². The Morgan fingerprint density at radius 3 is 2.46 bits per heavy atom. The fourth-order valence-corrected chi connectivity index (χ4v) is 2.92. The van der Waals surface area contributed by atoms with Crippen LogP contribution in [0.4, 0.5) is 0 Å². The molecule has 7 heteroatoms. The minimum Gasteiger partial charge on any atom is -0.481 e. The van der Waals surface area contributed by atoms with Gasteiger partial charge in [0, 0.05) is 13.1 Å². The molecule has 2 heterocycles. The first kappa shape index (κ1) is 16.2. The van der Waals surface area contributed by atoms with Crippen molar-refractivity contribution < 1.29 is 14.7 Å². The van der Waals surface area contributed by atoms with Crippen LogP contribution in [0.2, 0.25) is 0 Å². The van der Waals surface area contributed by atoms with Crippen molar-refractivity contribution in [1.29, 1.82) is 0 Å². The van der Waals surface area contributed by atoms with E-state index in [2.05, 4.69) is 10.3 Å². The van der Waals surface area contributed by atoms with Gasteiger partial charge in [0.25, 0.3) is 5.91 Å². The largest absolute Gasteiger partial charge is 0.481 e. The average Bonchev–Trinajstić information content (AvgIpc) is 3.12. The summed E-state index contributed by atoms with van der Waals surface area (Å²) in [6, 6.07) is 7.78. The van der Waals surface area contributed by atoms with Crippen molar-refractivity contribution in [3.63, 3.8) is 0 Å². The molecule has 0 unspecified atom stereocenters. The molecular formula is C17H20N4O3. The lowest BCUT2D eigenvalue weighted by Crippen LogP contribution is -2.35. The van der Waals surface area contributed by atoms with Crippen LogP contribution in [0.1, 0.15) is 35.1 Å². The van der Waals surface area contributed by atoms with E-state index in [-0.39, 0.29) is 18.1 Å². The van der Waals surface area contributed by atoms with Crippen molar-refractivity contribution in [2.45, 2.75) is 27.2 Å². The minimum atomic E-state index is -0.892.